The van der Waals surface area contributed by atoms with E-state index in [1.165, 1.54) is 31.3 Å². The van der Waals surface area contributed by atoms with Crippen molar-refractivity contribution in [3.8, 4) is 5.75 Å². The van der Waals surface area contributed by atoms with Gasteiger partial charge in [-0.1, -0.05) is 0 Å². The van der Waals surface area contributed by atoms with Gasteiger partial charge in [-0.25, -0.2) is 17.6 Å². The van der Waals surface area contributed by atoms with Crippen LogP contribution in [-0.4, -0.2) is 38.1 Å². The number of carbonyl (C=O) groups is 1. The predicted octanol–water partition coefficient (Wildman–Crippen LogP) is 3.43. The van der Waals surface area contributed by atoms with Crippen molar-refractivity contribution in [1.82, 2.24) is 10.6 Å². The SMILES string of the molecule is CN=C(NCC(=O)Nc1ccc(F)c(F)c1F)NCC(C)Oc1ccc(F)cc1.I. The lowest BCUT2D eigenvalue weighted by Gasteiger charge is -2.17. The molecule has 1 unspecified atom stereocenters. The Morgan fingerprint density at radius 2 is 1.70 bits per heavy atom. The van der Waals surface area contributed by atoms with Crippen molar-refractivity contribution in [2.24, 2.45) is 4.99 Å². The Hall–Kier alpha value is -2.57. The molecule has 0 aliphatic carbocycles. The zero-order valence-electron chi connectivity index (χ0n) is 16.1. The maximum absolute atomic E-state index is 13.6. The van der Waals surface area contributed by atoms with Gasteiger partial charge in [0.15, 0.2) is 23.4 Å². The Morgan fingerprint density at radius 3 is 2.33 bits per heavy atom. The van der Waals surface area contributed by atoms with Crippen LogP contribution < -0.4 is 20.7 Å². The molecule has 0 radical (unpaired) electrons. The number of halogens is 5. The molecule has 0 spiro atoms. The number of benzene rings is 2. The van der Waals surface area contributed by atoms with E-state index >= 15 is 0 Å². The third kappa shape index (κ3) is 7.69. The highest BCUT2D eigenvalue weighted by Crippen LogP contribution is 2.19. The van der Waals surface area contributed by atoms with E-state index in [9.17, 15) is 22.4 Å². The molecule has 2 aromatic carbocycles. The summed E-state index contributed by atoms with van der Waals surface area (Å²) >= 11 is 0. The Kier molecular flexibility index (Phi) is 10.4. The maximum atomic E-state index is 13.6. The van der Waals surface area contributed by atoms with E-state index in [2.05, 4.69) is 20.9 Å². The molecule has 164 valence electrons. The zero-order valence-corrected chi connectivity index (χ0v) is 18.5. The fourth-order valence-electron chi connectivity index (χ4n) is 2.23. The van der Waals surface area contributed by atoms with E-state index in [1.807, 2.05) is 0 Å². The second-order valence-electron chi connectivity index (χ2n) is 5.96. The molecule has 30 heavy (non-hydrogen) atoms. The lowest BCUT2D eigenvalue weighted by molar-refractivity contribution is -0.115. The molecular weight excluding hydrogens is 519 g/mol. The van der Waals surface area contributed by atoms with Crippen molar-refractivity contribution in [1.29, 1.82) is 0 Å². The van der Waals surface area contributed by atoms with E-state index in [0.29, 0.717) is 18.4 Å². The van der Waals surface area contributed by atoms with Crippen LogP contribution in [0.2, 0.25) is 0 Å². The van der Waals surface area contributed by atoms with Gasteiger partial charge in [-0.15, -0.1) is 24.0 Å². The van der Waals surface area contributed by atoms with Crippen LogP contribution >= 0.6 is 24.0 Å². The van der Waals surface area contributed by atoms with Gasteiger partial charge in [0.2, 0.25) is 5.91 Å². The van der Waals surface area contributed by atoms with Crippen molar-refractivity contribution >= 4 is 41.5 Å². The molecule has 3 N–H and O–H groups in total. The first-order valence-corrected chi connectivity index (χ1v) is 8.60. The van der Waals surface area contributed by atoms with Crippen LogP contribution in [-0.2, 0) is 4.79 Å². The average molecular weight is 540 g/mol. The zero-order chi connectivity index (χ0) is 21.4. The van der Waals surface area contributed by atoms with E-state index in [1.54, 1.807) is 6.92 Å². The molecule has 0 saturated carbocycles. The number of nitrogens with one attached hydrogen (secondary N) is 3. The molecule has 0 fully saturated rings. The fourth-order valence-corrected chi connectivity index (χ4v) is 2.23. The summed E-state index contributed by atoms with van der Waals surface area (Å²) in [6.07, 6.45) is -0.302. The summed E-state index contributed by atoms with van der Waals surface area (Å²) in [5, 5.41) is 7.76. The number of anilines is 1. The van der Waals surface area contributed by atoms with Gasteiger partial charge in [-0.2, -0.15) is 0 Å². The Balaban J connectivity index is 0.00000450. The van der Waals surface area contributed by atoms with Gasteiger partial charge in [0.1, 0.15) is 17.7 Å². The first-order valence-electron chi connectivity index (χ1n) is 8.60. The lowest BCUT2D eigenvalue weighted by Crippen LogP contribution is -2.44. The van der Waals surface area contributed by atoms with Gasteiger partial charge >= 0.3 is 0 Å². The van der Waals surface area contributed by atoms with Crippen molar-refractivity contribution < 1.29 is 27.1 Å². The Labute approximate surface area is 188 Å². The molecule has 2 rings (SSSR count). The highest BCUT2D eigenvalue weighted by molar-refractivity contribution is 14.0. The number of guanidine groups is 1. The normalized spacial score (nSPS) is 11.9. The van der Waals surface area contributed by atoms with Crippen LogP contribution in [0.25, 0.3) is 0 Å². The molecule has 0 aromatic heterocycles. The number of amides is 1. The van der Waals surface area contributed by atoms with Gasteiger partial charge in [0.05, 0.1) is 18.8 Å². The monoisotopic (exact) mass is 540 g/mol. The average Bonchev–Trinajstić information content (AvgIpc) is 2.70. The summed E-state index contributed by atoms with van der Waals surface area (Å²) in [6, 6.07) is 7.20. The number of hydrogen-bond donors (Lipinski definition) is 3. The largest absolute Gasteiger partial charge is 0.489 e. The van der Waals surface area contributed by atoms with Crippen LogP contribution in [0.4, 0.5) is 23.2 Å². The molecule has 2 aromatic rings. The highest BCUT2D eigenvalue weighted by atomic mass is 127. The van der Waals surface area contributed by atoms with E-state index in [-0.39, 0.29) is 48.4 Å². The first kappa shape index (κ1) is 25.5. The minimum Gasteiger partial charge on any atom is -0.489 e. The number of carbonyl (C=O) groups excluding carboxylic acids is 1. The Morgan fingerprint density at radius 1 is 1.03 bits per heavy atom. The summed E-state index contributed by atoms with van der Waals surface area (Å²) in [5.41, 5.74) is -0.472. The third-order valence-electron chi connectivity index (χ3n) is 3.66. The van der Waals surface area contributed by atoms with Gasteiger partial charge < -0.3 is 20.7 Å². The van der Waals surface area contributed by atoms with Crippen molar-refractivity contribution in [2.45, 2.75) is 13.0 Å². The number of aliphatic imine (C=N–C) groups is 1. The van der Waals surface area contributed by atoms with Crippen LogP contribution in [0.15, 0.2) is 41.4 Å². The van der Waals surface area contributed by atoms with E-state index in [4.69, 9.17) is 4.74 Å². The minimum atomic E-state index is -1.66. The number of rotatable bonds is 7. The first-order chi connectivity index (χ1) is 13.8. The molecule has 0 aliphatic heterocycles. The van der Waals surface area contributed by atoms with Crippen LogP contribution in [0.1, 0.15) is 6.92 Å². The molecular formula is C19H21F4IN4O2. The standard InChI is InChI=1S/C19H20F4N4O2.HI/c1-11(29-13-5-3-12(20)4-6-13)9-25-19(24-2)26-10-16(28)27-15-8-7-14(21)17(22)18(15)23;/h3-8,11H,9-10H2,1-2H3,(H,27,28)(H2,24,25,26);1H. The maximum Gasteiger partial charge on any atom is 0.243 e. The molecule has 0 aliphatic rings. The number of ether oxygens (including phenoxy) is 1. The summed E-state index contributed by atoms with van der Waals surface area (Å²) in [4.78, 5) is 15.8. The topological polar surface area (TPSA) is 74.8 Å². The summed E-state index contributed by atoms with van der Waals surface area (Å²) in [5.74, 6) is -4.78. The second-order valence-corrected chi connectivity index (χ2v) is 5.96. The molecule has 0 bridgehead atoms. The molecule has 1 atom stereocenters. The van der Waals surface area contributed by atoms with E-state index < -0.39 is 29.0 Å². The predicted molar refractivity (Wildman–Crippen MR) is 116 cm³/mol. The highest BCUT2D eigenvalue weighted by Gasteiger charge is 2.15. The molecule has 1 amide bonds. The van der Waals surface area contributed by atoms with Crippen LogP contribution in [0.3, 0.4) is 0 Å². The molecule has 0 saturated heterocycles. The van der Waals surface area contributed by atoms with Gasteiger partial charge in [-0.3, -0.25) is 9.79 Å². The van der Waals surface area contributed by atoms with Crippen LogP contribution in [0.5, 0.6) is 5.75 Å². The van der Waals surface area contributed by atoms with Gasteiger partial charge in [0, 0.05) is 7.05 Å². The quantitative estimate of drug-likeness (QED) is 0.166. The number of nitrogens with zero attached hydrogens (tertiary/aromatic N) is 1. The summed E-state index contributed by atoms with van der Waals surface area (Å²) in [6.45, 7) is 1.80. The number of hydrogen-bond acceptors (Lipinski definition) is 3. The van der Waals surface area contributed by atoms with Gasteiger partial charge in [0.25, 0.3) is 0 Å². The minimum absolute atomic E-state index is 0. The second kappa shape index (κ2) is 12.2. The van der Waals surface area contributed by atoms with Crippen LogP contribution in [0, 0.1) is 23.3 Å². The van der Waals surface area contributed by atoms with Crippen molar-refractivity contribution in [2.75, 3.05) is 25.5 Å². The lowest BCUT2D eigenvalue weighted by atomic mass is 10.2. The fraction of sp³-hybridized carbons (Fsp3) is 0.263. The summed E-state index contributed by atoms with van der Waals surface area (Å²) < 4.78 is 58.2. The molecule has 6 nitrogen and oxygen atoms in total. The smallest absolute Gasteiger partial charge is 0.243 e. The third-order valence-corrected chi connectivity index (χ3v) is 3.66. The Bertz CT molecular complexity index is 882. The van der Waals surface area contributed by atoms with Crippen molar-refractivity contribution in [3.63, 3.8) is 0 Å². The molecule has 11 heteroatoms. The van der Waals surface area contributed by atoms with Crippen molar-refractivity contribution in [3.05, 3.63) is 59.7 Å². The molecule has 0 heterocycles. The summed E-state index contributed by atoms with van der Waals surface area (Å²) in [7, 11) is 1.48. The van der Waals surface area contributed by atoms with E-state index in [0.717, 1.165) is 6.07 Å². The van der Waals surface area contributed by atoms with Gasteiger partial charge in [-0.05, 0) is 43.3 Å².